The molecule has 0 fully saturated rings. The van der Waals surface area contributed by atoms with Gasteiger partial charge in [-0.1, -0.05) is 31.1 Å². The molecule has 0 saturated carbocycles. The first-order valence-electron chi connectivity index (χ1n) is 8.24. The molecule has 2 aromatic rings. The highest BCUT2D eigenvalue weighted by molar-refractivity contribution is 7.19. The van der Waals surface area contributed by atoms with Gasteiger partial charge in [-0.15, -0.1) is 0 Å². The van der Waals surface area contributed by atoms with Crippen LogP contribution in [-0.2, 0) is 0 Å². The number of nitrogens with zero attached hydrogens (tertiary/aromatic N) is 1. The summed E-state index contributed by atoms with van der Waals surface area (Å²) in [5.41, 5.74) is 2.14. The van der Waals surface area contributed by atoms with Crippen LogP contribution in [0.4, 0.5) is 5.13 Å². The molecule has 0 bridgehead atoms. The predicted octanol–water partition coefficient (Wildman–Crippen LogP) is 5.13. The van der Waals surface area contributed by atoms with Crippen molar-refractivity contribution in [3.8, 4) is 21.9 Å². The predicted molar refractivity (Wildman–Crippen MR) is 98.0 cm³/mol. The lowest BCUT2D eigenvalue weighted by molar-refractivity contribution is 0.271. The van der Waals surface area contributed by atoms with Gasteiger partial charge in [-0.05, 0) is 44.0 Å². The molecule has 4 nitrogen and oxygen atoms in total. The number of benzene rings is 1. The Labute approximate surface area is 142 Å². The molecule has 1 N–H and O–H groups in total. The molecule has 0 unspecified atom stereocenters. The van der Waals surface area contributed by atoms with Crippen molar-refractivity contribution < 1.29 is 9.47 Å². The largest absolute Gasteiger partial charge is 0.490 e. The van der Waals surface area contributed by atoms with Gasteiger partial charge in [0.15, 0.2) is 16.6 Å². The van der Waals surface area contributed by atoms with Crippen molar-refractivity contribution in [2.75, 3.05) is 25.6 Å². The summed E-state index contributed by atoms with van der Waals surface area (Å²) in [6.45, 7) is 7.57. The summed E-state index contributed by atoms with van der Waals surface area (Å²) in [6.07, 6.45) is 3.46. The molecule has 23 heavy (non-hydrogen) atoms. The van der Waals surface area contributed by atoms with Gasteiger partial charge in [0.2, 0.25) is 0 Å². The van der Waals surface area contributed by atoms with E-state index < -0.39 is 0 Å². The average molecular weight is 334 g/mol. The molecule has 0 aliphatic rings. The zero-order valence-electron chi connectivity index (χ0n) is 14.4. The van der Waals surface area contributed by atoms with Crippen LogP contribution < -0.4 is 14.8 Å². The molecule has 1 heterocycles. The summed E-state index contributed by atoms with van der Waals surface area (Å²) in [5.74, 6) is 1.63. The van der Waals surface area contributed by atoms with Crippen molar-refractivity contribution in [3.05, 3.63) is 23.9 Å². The van der Waals surface area contributed by atoms with E-state index in [1.807, 2.05) is 27.0 Å². The van der Waals surface area contributed by atoms with E-state index in [2.05, 4.69) is 29.4 Å². The minimum absolute atomic E-state index is 0.623. The van der Waals surface area contributed by atoms with Crippen LogP contribution >= 0.6 is 11.3 Å². The van der Waals surface area contributed by atoms with Crippen molar-refractivity contribution in [1.82, 2.24) is 4.98 Å². The molecular formula is C18H26N2O2S. The Bertz CT molecular complexity index is 625. The Morgan fingerprint density at radius 3 is 2.61 bits per heavy atom. The molecule has 2 rings (SSSR count). The SMILES string of the molecule is CCCCCOc1ccc(-c2sc(NC)nc2C)cc1OCC. The lowest BCUT2D eigenvalue weighted by atomic mass is 10.1. The van der Waals surface area contributed by atoms with Crippen LogP contribution in [0.1, 0.15) is 38.8 Å². The van der Waals surface area contributed by atoms with Crippen LogP contribution in [0.2, 0.25) is 0 Å². The number of unbranched alkanes of at least 4 members (excludes halogenated alkanes) is 2. The van der Waals surface area contributed by atoms with Crippen molar-refractivity contribution >= 4 is 16.5 Å². The molecule has 0 atom stereocenters. The topological polar surface area (TPSA) is 43.4 Å². The fourth-order valence-corrected chi connectivity index (χ4v) is 3.26. The third-order valence-electron chi connectivity index (χ3n) is 3.52. The van der Waals surface area contributed by atoms with Gasteiger partial charge in [-0.25, -0.2) is 4.98 Å². The van der Waals surface area contributed by atoms with E-state index in [1.165, 1.54) is 12.8 Å². The maximum absolute atomic E-state index is 5.89. The van der Waals surface area contributed by atoms with E-state index in [4.69, 9.17) is 9.47 Å². The highest BCUT2D eigenvalue weighted by Gasteiger charge is 2.13. The highest BCUT2D eigenvalue weighted by Crippen LogP contribution is 2.38. The van der Waals surface area contributed by atoms with Gasteiger partial charge in [-0.2, -0.15) is 0 Å². The Morgan fingerprint density at radius 1 is 1.13 bits per heavy atom. The number of thiazole rings is 1. The molecule has 5 heteroatoms. The average Bonchev–Trinajstić information content (AvgIpc) is 2.94. The fraction of sp³-hybridized carbons (Fsp3) is 0.500. The second kappa shape index (κ2) is 8.77. The summed E-state index contributed by atoms with van der Waals surface area (Å²) < 4.78 is 11.7. The van der Waals surface area contributed by atoms with Crippen molar-refractivity contribution in [2.45, 2.75) is 40.0 Å². The molecule has 126 valence electrons. The standard InChI is InChI=1S/C18H26N2O2S/c1-5-7-8-11-22-15-10-9-14(12-16(15)21-6-2)17-13(3)20-18(19-4)23-17/h9-10,12H,5-8,11H2,1-4H3,(H,19,20). The fourth-order valence-electron chi connectivity index (χ4n) is 2.34. The zero-order chi connectivity index (χ0) is 16.7. The number of anilines is 1. The normalized spacial score (nSPS) is 10.6. The highest BCUT2D eigenvalue weighted by atomic mass is 32.1. The van der Waals surface area contributed by atoms with E-state index in [0.29, 0.717) is 6.61 Å². The third kappa shape index (κ3) is 4.61. The van der Waals surface area contributed by atoms with Gasteiger partial charge in [0.25, 0.3) is 0 Å². The lowest BCUT2D eigenvalue weighted by Gasteiger charge is -2.13. The minimum Gasteiger partial charge on any atom is -0.490 e. The maximum Gasteiger partial charge on any atom is 0.183 e. The van der Waals surface area contributed by atoms with Gasteiger partial charge in [0.05, 0.1) is 23.8 Å². The Morgan fingerprint density at radius 2 is 1.96 bits per heavy atom. The van der Waals surface area contributed by atoms with Crippen molar-refractivity contribution in [1.29, 1.82) is 0 Å². The Hall–Kier alpha value is -1.75. The van der Waals surface area contributed by atoms with E-state index in [9.17, 15) is 0 Å². The third-order valence-corrected chi connectivity index (χ3v) is 4.75. The summed E-state index contributed by atoms with van der Waals surface area (Å²) >= 11 is 1.65. The summed E-state index contributed by atoms with van der Waals surface area (Å²) in [4.78, 5) is 5.67. The van der Waals surface area contributed by atoms with Crippen LogP contribution in [0.15, 0.2) is 18.2 Å². The molecule has 0 radical (unpaired) electrons. The number of hydrogen-bond donors (Lipinski definition) is 1. The number of nitrogens with one attached hydrogen (secondary N) is 1. The maximum atomic E-state index is 5.89. The zero-order valence-corrected chi connectivity index (χ0v) is 15.3. The van der Waals surface area contributed by atoms with Crippen molar-refractivity contribution in [3.63, 3.8) is 0 Å². The molecule has 0 amide bonds. The van der Waals surface area contributed by atoms with Crippen LogP contribution in [0.3, 0.4) is 0 Å². The molecule has 1 aromatic carbocycles. The number of ether oxygens (including phenoxy) is 2. The smallest absolute Gasteiger partial charge is 0.183 e. The van der Waals surface area contributed by atoms with E-state index in [0.717, 1.165) is 45.8 Å². The second-order valence-corrected chi connectivity index (χ2v) is 6.33. The first-order chi connectivity index (χ1) is 11.2. The van der Waals surface area contributed by atoms with Gasteiger partial charge < -0.3 is 14.8 Å². The van der Waals surface area contributed by atoms with Crippen LogP contribution in [0.25, 0.3) is 10.4 Å². The van der Waals surface area contributed by atoms with Crippen molar-refractivity contribution in [2.24, 2.45) is 0 Å². The molecule has 0 spiro atoms. The quantitative estimate of drug-likeness (QED) is 0.646. The molecule has 0 aliphatic heterocycles. The molecular weight excluding hydrogens is 308 g/mol. The van der Waals surface area contributed by atoms with Gasteiger partial charge in [-0.3, -0.25) is 0 Å². The monoisotopic (exact) mass is 334 g/mol. The minimum atomic E-state index is 0.623. The number of aryl methyl sites for hydroxylation is 1. The first kappa shape index (κ1) is 17.6. The van der Waals surface area contributed by atoms with Gasteiger partial charge >= 0.3 is 0 Å². The van der Waals surface area contributed by atoms with E-state index in [-0.39, 0.29) is 0 Å². The van der Waals surface area contributed by atoms with Gasteiger partial charge in [0, 0.05) is 7.05 Å². The van der Waals surface area contributed by atoms with Gasteiger partial charge in [0.1, 0.15) is 0 Å². The number of rotatable bonds is 9. The molecule has 1 aromatic heterocycles. The Balaban J connectivity index is 2.22. The lowest BCUT2D eigenvalue weighted by Crippen LogP contribution is -2.01. The number of hydrogen-bond acceptors (Lipinski definition) is 5. The Kier molecular flexibility index (Phi) is 6.71. The van der Waals surface area contributed by atoms with Crippen LogP contribution in [0, 0.1) is 6.92 Å². The second-order valence-electron chi connectivity index (χ2n) is 5.33. The summed E-state index contributed by atoms with van der Waals surface area (Å²) in [5, 5.41) is 4.03. The first-order valence-corrected chi connectivity index (χ1v) is 9.06. The molecule has 0 saturated heterocycles. The number of aromatic nitrogens is 1. The van der Waals surface area contributed by atoms with Crippen LogP contribution in [0.5, 0.6) is 11.5 Å². The van der Waals surface area contributed by atoms with E-state index in [1.54, 1.807) is 11.3 Å². The summed E-state index contributed by atoms with van der Waals surface area (Å²) in [6, 6.07) is 6.14. The molecule has 0 aliphatic carbocycles. The summed E-state index contributed by atoms with van der Waals surface area (Å²) in [7, 11) is 1.89. The van der Waals surface area contributed by atoms with Crippen LogP contribution in [-0.4, -0.2) is 25.2 Å². The van der Waals surface area contributed by atoms with E-state index >= 15 is 0 Å².